The topological polar surface area (TPSA) is 63.6 Å². The molecule has 2 aromatic carbocycles. The second-order valence-electron chi connectivity index (χ2n) is 10.0. The number of carbonyl (C=O) groups is 2. The van der Waals surface area contributed by atoms with Crippen molar-refractivity contribution in [3.63, 3.8) is 0 Å². The van der Waals surface area contributed by atoms with E-state index >= 15 is 0 Å². The van der Waals surface area contributed by atoms with E-state index in [0.29, 0.717) is 0 Å². The molecule has 0 heterocycles. The first-order valence-electron chi connectivity index (χ1n) is 10.7. The lowest BCUT2D eigenvalue weighted by molar-refractivity contribution is -0.142. The number of aliphatic carboxylic acids is 1. The van der Waals surface area contributed by atoms with Gasteiger partial charge in [-0.15, -0.1) is 0 Å². The average molecular weight is 427 g/mol. The molecule has 170 valence electrons. The highest BCUT2D eigenvalue weighted by Crippen LogP contribution is 2.25. The normalized spacial score (nSPS) is 13.5. The lowest BCUT2D eigenvalue weighted by atomic mass is 9.86. The zero-order chi connectivity index (χ0) is 24.0. The predicted molar refractivity (Wildman–Crippen MR) is 127 cm³/mol. The summed E-state index contributed by atoms with van der Waals surface area (Å²) in [6, 6.07) is 16.0. The summed E-state index contributed by atoms with van der Waals surface area (Å²) in [5, 5.41) is 8.86. The van der Waals surface area contributed by atoms with Gasteiger partial charge < -0.3 is 9.84 Å². The van der Waals surface area contributed by atoms with Crippen LogP contribution >= 0.6 is 0 Å². The first-order valence-corrected chi connectivity index (χ1v) is 10.7. The van der Waals surface area contributed by atoms with Crippen LogP contribution in [0.3, 0.4) is 0 Å². The van der Waals surface area contributed by atoms with E-state index in [1.54, 1.807) is 6.92 Å². The first-order chi connectivity index (χ1) is 14.2. The zero-order valence-corrected chi connectivity index (χ0v) is 20.4. The summed E-state index contributed by atoms with van der Waals surface area (Å²) in [5.41, 5.74) is 4.62. The van der Waals surface area contributed by atoms with Crippen LogP contribution in [0.25, 0.3) is 0 Å². The molecule has 1 N–H and O–H groups in total. The van der Waals surface area contributed by atoms with Crippen molar-refractivity contribution in [1.82, 2.24) is 0 Å². The number of methoxy groups -OCH3 is 1. The number of carbonyl (C=O) groups excluding carboxylic acids is 1. The summed E-state index contributed by atoms with van der Waals surface area (Å²) in [6.07, 6.45) is 0. The molecule has 0 amide bonds. The highest BCUT2D eigenvalue weighted by Gasteiger charge is 2.18. The van der Waals surface area contributed by atoms with Crippen molar-refractivity contribution in [3.05, 3.63) is 70.8 Å². The van der Waals surface area contributed by atoms with Gasteiger partial charge in [0.25, 0.3) is 0 Å². The molecular formula is C27H38O4. The number of benzene rings is 2. The number of hydrogen-bond donors (Lipinski definition) is 1. The summed E-state index contributed by atoms with van der Waals surface area (Å²) < 4.78 is 4.72. The van der Waals surface area contributed by atoms with E-state index in [1.165, 1.54) is 18.2 Å². The number of carboxylic acid groups (broad SMARTS) is 1. The number of esters is 1. The Morgan fingerprint density at radius 3 is 1.29 bits per heavy atom. The van der Waals surface area contributed by atoms with Crippen LogP contribution in [-0.4, -0.2) is 24.2 Å². The fourth-order valence-corrected chi connectivity index (χ4v) is 3.00. The van der Waals surface area contributed by atoms with Crippen molar-refractivity contribution in [3.8, 4) is 0 Å². The van der Waals surface area contributed by atoms with Crippen LogP contribution in [0.4, 0.5) is 0 Å². The number of ether oxygens (including phenoxy) is 1. The van der Waals surface area contributed by atoms with E-state index in [4.69, 9.17) is 9.84 Å². The first kappa shape index (κ1) is 26.4. The summed E-state index contributed by atoms with van der Waals surface area (Å²) >= 11 is 0. The molecule has 0 saturated heterocycles. The van der Waals surface area contributed by atoms with E-state index in [2.05, 4.69) is 53.7 Å². The average Bonchev–Trinajstić information content (AvgIpc) is 2.71. The van der Waals surface area contributed by atoms with Crippen LogP contribution in [0.5, 0.6) is 0 Å². The molecule has 2 aromatic rings. The van der Waals surface area contributed by atoms with Crippen molar-refractivity contribution < 1.29 is 19.4 Å². The van der Waals surface area contributed by atoms with Gasteiger partial charge in [0.05, 0.1) is 18.9 Å². The third-order valence-corrected chi connectivity index (χ3v) is 5.48. The maximum Gasteiger partial charge on any atom is 0.312 e. The van der Waals surface area contributed by atoms with Crippen LogP contribution in [-0.2, 0) is 25.2 Å². The summed E-state index contributed by atoms with van der Waals surface area (Å²) in [5.74, 6) is -1.60. The molecule has 31 heavy (non-hydrogen) atoms. The third-order valence-electron chi connectivity index (χ3n) is 5.48. The van der Waals surface area contributed by atoms with E-state index in [1.807, 2.05) is 43.3 Å². The minimum atomic E-state index is -0.779. The Balaban J connectivity index is 0.000000311. The molecule has 2 atom stereocenters. The molecular weight excluding hydrogens is 388 g/mol. The Morgan fingerprint density at radius 2 is 1.03 bits per heavy atom. The van der Waals surface area contributed by atoms with E-state index in [9.17, 15) is 9.59 Å². The Labute approximate surface area is 187 Å². The summed E-state index contributed by atoms with van der Waals surface area (Å²) in [7, 11) is 1.42. The fourth-order valence-electron chi connectivity index (χ4n) is 3.00. The van der Waals surface area contributed by atoms with Crippen LogP contribution in [0, 0.1) is 0 Å². The van der Waals surface area contributed by atoms with Gasteiger partial charge in [0.2, 0.25) is 0 Å². The maximum absolute atomic E-state index is 11.4. The Kier molecular flexibility index (Phi) is 9.04. The molecule has 0 spiro atoms. The van der Waals surface area contributed by atoms with Crippen molar-refractivity contribution in [1.29, 1.82) is 0 Å². The molecule has 4 nitrogen and oxygen atoms in total. The minimum absolute atomic E-state index is 0.116. The van der Waals surface area contributed by atoms with Gasteiger partial charge in [-0.25, -0.2) is 0 Å². The molecule has 0 radical (unpaired) electrons. The van der Waals surface area contributed by atoms with Crippen molar-refractivity contribution >= 4 is 11.9 Å². The molecule has 0 aromatic heterocycles. The molecule has 0 fully saturated rings. The summed E-state index contributed by atoms with van der Waals surface area (Å²) in [6.45, 7) is 16.5. The Hall–Kier alpha value is -2.62. The molecule has 2 rings (SSSR count). The van der Waals surface area contributed by atoms with Gasteiger partial charge in [0, 0.05) is 0 Å². The van der Waals surface area contributed by atoms with E-state index in [0.717, 1.165) is 11.1 Å². The van der Waals surface area contributed by atoms with Gasteiger partial charge in [-0.2, -0.15) is 0 Å². The van der Waals surface area contributed by atoms with Crippen LogP contribution < -0.4 is 0 Å². The van der Waals surface area contributed by atoms with Crippen molar-refractivity contribution in [2.45, 2.75) is 78.1 Å². The van der Waals surface area contributed by atoms with Gasteiger partial charge >= 0.3 is 11.9 Å². The summed E-state index contributed by atoms with van der Waals surface area (Å²) in [4.78, 5) is 22.2. The molecule has 0 aliphatic heterocycles. The standard InChI is InChI=1S/C14H20O2.C13H18O2/c1-10(13(15)16-5)11-6-8-12(9-7-11)14(2,3)4;1-9(12(14)15)10-5-7-11(8-6-10)13(2,3)4/h6-10H,1-5H3;5-9H,1-4H3,(H,14,15). The predicted octanol–water partition coefficient (Wildman–Crippen LogP) is 6.43. The lowest BCUT2D eigenvalue weighted by Gasteiger charge is -2.19. The highest BCUT2D eigenvalue weighted by molar-refractivity contribution is 5.77. The number of hydrogen-bond acceptors (Lipinski definition) is 3. The lowest BCUT2D eigenvalue weighted by Crippen LogP contribution is -2.13. The molecule has 0 bridgehead atoms. The van der Waals surface area contributed by atoms with Crippen LogP contribution in [0.1, 0.15) is 89.5 Å². The SMILES string of the molecule is CC(C(=O)O)c1ccc(C(C)(C)C)cc1.COC(=O)C(C)c1ccc(C(C)(C)C)cc1. The van der Waals surface area contributed by atoms with E-state index < -0.39 is 11.9 Å². The molecule has 0 aliphatic carbocycles. The largest absolute Gasteiger partial charge is 0.481 e. The quantitative estimate of drug-likeness (QED) is 0.572. The molecule has 4 heteroatoms. The minimum Gasteiger partial charge on any atom is -0.481 e. The molecule has 0 aliphatic rings. The number of rotatable bonds is 4. The monoisotopic (exact) mass is 426 g/mol. The van der Waals surface area contributed by atoms with Crippen LogP contribution in [0.15, 0.2) is 48.5 Å². The Bertz CT molecular complexity index is 850. The maximum atomic E-state index is 11.4. The van der Waals surface area contributed by atoms with Gasteiger partial charge in [-0.3, -0.25) is 9.59 Å². The van der Waals surface area contributed by atoms with Gasteiger partial charge in [-0.05, 0) is 46.9 Å². The van der Waals surface area contributed by atoms with Crippen molar-refractivity contribution in [2.75, 3.05) is 7.11 Å². The highest BCUT2D eigenvalue weighted by atomic mass is 16.5. The third kappa shape index (κ3) is 7.86. The second-order valence-corrected chi connectivity index (χ2v) is 10.0. The number of carboxylic acids is 1. The molecule has 2 unspecified atom stereocenters. The fraction of sp³-hybridized carbons (Fsp3) is 0.481. The smallest absolute Gasteiger partial charge is 0.312 e. The van der Waals surface area contributed by atoms with Crippen LogP contribution in [0.2, 0.25) is 0 Å². The van der Waals surface area contributed by atoms with Gasteiger partial charge in [0.1, 0.15) is 0 Å². The van der Waals surface area contributed by atoms with Gasteiger partial charge in [-0.1, -0.05) is 90.1 Å². The zero-order valence-electron chi connectivity index (χ0n) is 20.4. The van der Waals surface area contributed by atoms with Gasteiger partial charge in [0.15, 0.2) is 0 Å². The Morgan fingerprint density at radius 1 is 0.710 bits per heavy atom. The second kappa shape index (κ2) is 10.6. The van der Waals surface area contributed by atoms with Crippen molar-refractivity contribution in [2.24, 2.45) is 0 Å². The molecule has 0 saturated carbocycles. The van der Waals surface area contributed by atoms with E-state index in [-0.39, 0.29) is 22.7 Å².